The molecule has 0 radical (unpaired) electrons. The van der Waals surface area contributed by atoms with Crippen LogP contribution in [0, 0.1) is 0 Å². The van der Waals surface area contributed by atoms with Gasteiger partial charge in [0.1, 0.15) is 11.5 Å². The molecule has 3 aromatic rings. The average molecular weight is 516 g/mol. The second-order valence-corrected chi connectivity index (χ2v) is 10.2. The Balaban J connectivity index is 1.85. The van der Waals surface area contributed by atoms with Gasteiger partial charge in [0.25, 0.3) is 11.7 Å². The van der Waals surface area contributed by atoms with Crippen molar-refractivity contribution in [2.45, 2.75) is 38.8 Å². The van der Waals surface area contributed by atoms with Gasteiger partial charge in [-0.25, -0.2) is 0 Å². The van der Waals surface area contributed by atoms with E-state index in [1.165, 1.54) is 19.1 Å². The summed E-state index contributed by atoms with van der Waals surface area (Å²) in [6.07, 6.45) is 0. The Bertz CT molecular complexity index is 1370. The molecular weight excluding hydrogens is 482 g/mol. The molecule has 1 N–H and O–H groups in total. The van der Waals surface area contributed by atoms with Crippen molar-refractivity contribution in [1.82, 2.24) is 4.90 Å². The van der Waals surface area contributed by atoms with Crippen LogP contribution in [0.1, 0.15) is 49.1 Å². The van der Waals surface area contributed by atoms with E-state index in [1.54, 1.807) is 25.3 Å². The Hall–Kier alpha value is -4.26. The van der Waals surface area contributed by atoms with Crippen LogP contribution in [0.2, 0.25) is 0 Å². The number of aliphatic hydroxyl groups excluding tert-OH is 1. The second kappa shape index (κ2) is 10.6. The first-order valence-electron chi connectivity index (χ1n) is 12.3. The number of carbonyl (C=O) groups excluding carboxylic acids is 2. The van der Waals surface area contributed by atoms with Crippen molar-refractivity contribution >= 4 is 17.4 Å². The second-order valence-electron chi connectivity index (χ2n) is 10.2. The summed E-state index contributed by atoms with van der Waals surface area (Å²) in [4.78, 5) is 28.3. The summed E-state index contributed by atoms with van der Waals surface area (Å²) in [5, 5.41) is 11.4. The van der Waals surface area contributed by atoms with Crippen molar-refractivity contribution in [3.63, 3.8) is 0 Å². The molecule has 1 aliphatic rings. The van der Waals surface area contributed by atoms with Gasteiger partial charge in [-0.05, 0) is 52.4 Å². The standard InChI is InChI=1S/C31H33NO6/c1-31(2,3)22-12-9-20(10-13-22)27-26(28(33)21-11-16-24(37-5)25(17-21)38-6)29(34)30(35)32(27)18-19-7-14-23(36-4)15-8-19/h7-17,27,33H,18H2,1-6H3/b28-26-. The lowest BCUT2D eigenvalue weighted by Gasteiger charge is -2.26. The molecule has 1 heterocycles. The van der Waals surface area contributed by atoms with Gasteiger partial charge < -0.3 is 24.2 Å². The summed E-state index contributed by atoms with van der Waals surface area (Å²) in [5.41, 5.74) is 2.99. The number of hydrogen-bond acceptors (Lipinski definition) is 6. The number of ether oxygens (including phenoxy) is 3. The third-order valence-electron chi connectivity index (χ3n) is 6.80. The Morgan fingerprint density at radius 1 is 0.842 bits per heavy atom. The SMILES string of the molecule is COc1ccc(CN2C(=O)C(=O)/C(=C(\O)c3ccc(OC)c(OC)c3)C2c2ccc(C(C)(C)C)cc2)cc1. The number of likely N-dealkylation sites (tertiary alicyclic amines) is 1. The summed E-state index contributed by atoms with van der Waals surface area (Å²) < 4.78 is 15.9. The van der Waals surface area contributed by atoms with Crippen LogP contribution < -0.4 is 14.2 Å². The minimum Gasteiger partial charge on any atom is -0.507 e. The molecule has 198 valence electrons. The number of aliphatic hydroxyl groups is 1. The third kappa shape index (κ3) is 5.09. The minimum atomic E-state index is -0.779. The van der Waals surface area contributed by atoms with Gasteiger partial charge in [0.05, 0.1) is 32.9 Å². The Morgan fingerprint density at radius 2 is 1.47 bits per heavy atom. The number of hydrogen-bond donors (Lipinski definition) is 1. The number of benzene rings is 3. The van der Waals surface area contributed by atoms with Crippen molar-refractivity contribution in [1.29, 1.82) is 0 Å². The van der Waals surface area contributed by atoms with E-state index in [4.69, 9.17) is 14.2 Å². The van der Waals surface area contributed by atoms with Crippen LogP contribution in [0.15, 0.2) is 72.3 Å². The quantitative estimate of drug-likeness (QED) is 0.249. The number of amides is 1. The van der Waals surface area contributed by atoms with Crippen LogP contribution in [-0.2, 0) is 21.5 Å². The highest BCUT2D eigenvalue weighted by atomic mass is 16.5. The van der Waals surface area contributed by atoms with E-state index >= 15 is 0 Å². The van der Waals surface area contributed by atoms with E-state index in [9.17, 15) is 14.7 Å². The van der Waals surface area contributed by atoms with Crippen LogP contribution >= 0.6 is 0 Å². The lowest BCUT2D eigenvalue weighted by atomic mass is 9.85. The first-order valence-corrected chi connectivity index (χ1v) is 12.3. The summed E-state index contributed by atoms with van der Waals surface area (Å²) in [5.74, 6) is -0.109. The molecule has 0 spiro atoms. The maximum atomic E-state index is 13.4. The molecular formula is C31H33NO6. The minimum absolute atomic E-state index is 0.0271. The third-order valence-corrected chi connectivity index (χ3v) is 6.80. The summed E-state index contributed by atoms with van der Waals surface area (Å²) in [7, 11) is 4.60. The molecule has 3 aromatic carbocycles. The zero-order valence-corrected chi connectivity index (χ0v) is 22.6. The number of rotatable bonds is 7. The Morgan fingerprint density at radius 3 is 2.03 bits per heavy atom. The molecule has 1 unspecified atom stereocenters. The first kappa shape index (κ1) is 26.8. The average Bonchev–Trinajstić information content (AvgIpc) is 3.17. The van der Waals surface area contributed by atoms with Gasteiger partial charge in [0, 0.05) is 12.1 Å². The molecule has 0 bridgehead atoms. The highest BCUT2D eigenvalue weighted by Crippen LogP contribution is 2.42. The summed E-state index contributed by atoms with van der Waals surface area (Å²) in [6.45, 7) is 6.54. The maximum Gasteiger partial charge on any atom is 0.295 e. The molecule has 1 atom stereocenters. The zero-order chi connectivity index (χ0) is 27.6. The molecule has 1 saturated heterocycles. The first-order chi connectivity index (χ1) is 18.1. The lowest BCUT2D eigenvalue weighted by molar-refractivity contribution is -0.140. The largest absolute Gasteiger partial charge is 0.507 e. The molecule has 4 rings (SSSR count). The van der Waals surface area contributed by atoms with Gasteiger partial charge in [-0.1, -0.05) is 57.2 Å². The Kier molecular flexibility index (Phi) is 7.49. The maximum absolute atomic E-state index is 13.4. The Labute approximate surface area is 223 Å². The highest BCUT2D eigenvalue weighted by molar-refractivity contribution is 6.46. The van der Waals surface area contributed by atoms with E-state index in [-0.39, 0.29) is 23.3 Å². The molecule has 7 heteroatoms. The van der Waals surface area contributed by atoms with Crippen molar-refractivity contribution in [2.75, 3.05) is 21.3 Å². The number of ketones is 1. The molecule has 0 saturated carbocycles. The van der Waals surface area contributed by atoms with Crippen molar-refractivity contribution in [3.8, 4) is 17.2 Å². The fraction of sp³-hybridized carbons (Fsp3) is 0.290. The number of methoxy groups -OCH3 is 3. The normalized spacial score (nSPS) is 17.0. The van der Waals surface area contributed by atoms with Crippen molar-refractivity contribution < 1.29 is 28.9 Å². The van der Waals surface area contributed by atoms with Crippen LogP contribution in [-0.4, -0.2) is 43.0 Å². The van der Waals surface area contributed by atoms with Crippen LogP contribution in [0.4, 0.5) is 0 Å². The number of carbonyl (C=O) groups is 2. The molecule has 0 aromatic heterocycles. The molecule has 1 fully saturated rings. The van der Waals surface area contributed by atoms with Gasteiger partial charge >= 0.3 is 0 Å². The predicted octanol–water partition coefficient (Wildman–Crippen LogP) is 5.63. The molecule has 1 aliphatic heterocycles. The van der Waals surface area contributed by atoms with Crippen LogP contribution in [0.5, 0.6) is 17.2 Å². The van der Waals surface area contributed by atoms with E-state index in [1.807, 2.05) is 48.5 Å². The van der Waals surface area contributed by atoms with Crippen molar-refractivity contribution in [3.05, 3.63) is 94.6 Å². The van der Waals surface area contributed by atoms with E-state index in [0.717, 1.165) is 16.7 Å². The lowest BCUT2D eigenvalue weighted by Crippen LogP contribution is -2.29. The monoisotopic (exact) mass is 515 g/mol. The number of Topliss-reactive ketones (excluding diaryl/α,β-unsaturated/α-hetero) is 1. The topological polar surface area (TPSA) is 85.3 Å². The van der Waals surface area contributed by atoms with E-state index < -0.39 is 17.7 Å². The highest BCUT2D eigenvalue weighted by Gasteiger charge is 2.46. The number of nitrogens with zero attached hydrogens (tertiary/aromatic N) is 1. The molecule has 0 aliphatic carbocycles. The van der Waals surface area contributed by atoms with Crippen LogP contribution in [0.25, 0.3) is 5.76 Å². The predicted molar refractivity (Wildman–Crippen MR) is 146 cm³/mol. The van der Waals surface area contributed by atoms with Crippen molar-refractivity contribution in [2.24, 2.45) is 0 Å². The fourth-order valence-electron chi connectivity index (χ4n) is 4.62. The summed E-state index contributed by atoms with van der Waals surface area (Å²) in [6, 6.07) is 19.2. The molecule has 1 amide bonds. The van der Waals surface area contributed by atoms with Gasteiger partial charge in [-0.2, -0.15) is 0 Å². The smallest absolute Gasteiger partial charge is 0.295 e. The van der Waals surface area contributed by atoms with Gasteiger partial charge in [-0.15, -0.1) is 0 Å². The molecule has 38 heavy (non-hydrogen) atoms. The zero-order valence-electron chi connectivity index (χ0n) is 22.6. The fourth-order valence-corrected chi connectivity index (χ4v) is 4.62. The van der Waals surface area contributed by atoms with E-state index in [2.05, 4.69) is 20.8 Å². The van der Waals surface area contributed by atoms with Gasteiger partial charge in [-0.3, -0.25) is 9.59 Å². The summed E-state index contributed by atoms with van der Waals surface area (Å²) >= 11 is 0. The van der Waals surface area contributed by atoms with Gasteiger partial charge in [0.2, 0.25) is 0 Å². The molecule has 7 nitrogen and oxygen atoms in total. The van der Waals surface area contributed by atoms with Crippen LogP contribution in [0.3, 0.4) is 0 Å². The van der Waals surface area contributed by atoms with Gasteiger partial charge in [0.15, 0.2) is 11.5 Å². The van der Waals surface area contributed by atoms with E-state index in [0.29, 0.717) is 22.8 Å².